The number of aromatic nitrogens is 2. The van der Waals surface area contributed by atoms with Crippen LogP contribution in [0.2, 0.25) is 0 Å². The fraction of sp³-hybridized carbons (Fsp3) is 0.524. The number of para-hydroxylation sites is 1. The third-order valence-corrected chi connectivity index (χ3v) is 5.18. The average Bonchev–Trinajstić information content (AvgIpc) is 3.11. The Kier molecular flexibility index (Phi) is 6.87. The van der Waals surface area contributed by atoms with Crippen molar-refractivity contribution < 1.29 is 4.79 Å². The van der Waals surface area contributed by atoms with E-state index in [4.69, 9.17) is 0 Å². The van der Waals surface area contributed by atoms with E-state index in [0.717, 1.165) is 51.1 Å². The molecule has 1 amide bonds. The maximum atomic E-state index is 12.1. The van der Waals surface area contributed by atoms with Crippen LogP contribution in [-0.2, 0) is 18.3 Å². The minimum atomic E-state index is 0.125. The molecule has 27 heavy (non-hydrogen) atoms. The molecule has 146 valence electrons. The van der Waals surface area contributed by atoms with Crippen molar-refractivity contribution in [3.05, 3.63) is 48.3 Å². The first-order chi connectivity index (χ1) is 13.1. The molecule has 6 heteroatoms. The second-order valence-corrected chi connectivity index (χ2v) is 7.44. The van der Waals surface area contributed by atoms with E-state index in [1.165, 1.54) is 5.69 Å². The molecule has 0 saturated carbocycles. The number of carbonyl (C=O) groups excluding carboxylic acids is 1. The van der Waals surface area contributed by atoms with Crippen LogP contribution in [0.15, 0.2) is 42.7 Å². The number of rotatable bonds is 8. The highest BCUT2D eigenvalue weighted by Crippen LogP contribution is 2.15. The number of piperazine rings is 1. The normalized spacial score (nSPS) is 16.3. The predicted octanol–water partition coefficient (Wildman–Crippen LogP) is 2.07. The molecule has 0 bridgehead atoms. The van der Waals surface area contributed by atoms with E-state index in [1.54, 1.807) is 4.68 Å². The summed E-state index contributed by atoms with van der Waals surface area (Å²) in [6.07, 6.45) is 6.04. The number of benzene rings is 1. The van der Waals surface area contributed by atoms with E-state index in [1.807, 2.05) is 19.4 Å². The Morgan fingerprint density at radius 3 is 2.59 bits per heavy atom. The van der Waals surface area contributed by atoms with Crippen LogP contribution in [0.3, 0.4) is 0 Å². The summed E-state index contributed by atoms with van der Waals surface area (Å²) < 4.78 is 1.77. The smallest absolute Gasteiger partial charge is 0.220 e. The van der Waals surface area contributed by atoms with Crippen LogP contribution >= 0.6 is 0 Å². The molecule has 1 fully saturated rings. The molecule has 0 radical (unpaired) electrons. The van der Waals surface area contributed by atoms with Crippen LogP contribution in [0.1, 0.15) is 25.3 Å². The van der Waals surface area contributed by atoms with Crippen molar-refractivity contribution in [1.82, 2.24) is 20.0 Å². The Labute approximate surface area is 162 Å². The number of carbonyl (C=O) groups is 1. The molecule has 2 heterocycles. The number of aryl methyl sites for hydroxylation is 2. The van der Waals surface area contributed by atoms with E-state index in [2.05, 4.69) is 57.5 Å². The first-order valence-corrected chi connectivity index (χ1v) is 9.89. The zero-order valence-electron chi connectivity index (χ0n) is 16.5. The fourth-order valence-electron chi connectivity index (χ4n) is 3.52. The number of hydrogen-bond donors (Lipinski definition) is 1. The molecule has 1 saturated heterocycles. The van der Waals surface area contributed by atoms with Gasteiger partial charge in [-0.15, -0.1) is 0 Å². The molecule has 1 atom stereocenters. The summed E-state index contributed by atoms with van der Waals surface area (Å²) in [5, 5.41) is 7.27. The van der Waals surface area contributed by atoms with E-state index in [0.29, 0.717) is 6.42 Å². The lowest BCUT2D eigenvalue weighted by molar-refractivity contribution is -0.121. The quantitative estimate of drug-likeness (QED) is 0.774. The SMILES string of the molecule is CC(CCN1CCN(c2ccccc2)CC1)NC(=O)CCc1cnn(C)c1. The van der Waals surface area contributed by atoms with E-state index in [-0.39, 0.29) is 11.9 Å². The summed E-state index contributed by atoms with van der Waals surface area (Å²) in [6.45, 7) is 7.42. The maximum absolute atomic E-state index is 12.1. The van der Waals surface area contributed by atoms with Gasteiger partial charge in [-0.05, 0) is 37.5 Å². The van der Waals surface area contributed by atoms with Gasteiger partial charge >= 0.3 is 0 Å². The monoisotopic (exact) mass is 369 g/mol. The summed E-state index contributed by atoms with van der Waals surface area (Å²) in [4.78, 5) is 17.1. The third-order valence-electron chi connectivity index (χ3n) is 5.18. The van der Waals surface area contributed by atoms with E-state index < -0.39 is 0 Å². The molecule has 0 spiro atoms. The van der Waals surface area contributed by atoms with Crippen molar-refractivity contribution in [2.24, 2.45) is 7.05 Å². The number of hydrogen-bond acceptors (Lipinski definition) is 4. The van der Waals surface area contributed by atoms with Crippen LogP contribution in [0.4, 0.5) is 5.69 Å². The highest BCUT2D eigenvalue weighted by Gasteiger charge is 2.17. The minimum absolute atomic E-state index is 0.125. The molecular weight excluding hydrogens is 338 g/mol. The zero-order valence-corrected chi connectivity index (χ0v) is 16.5. The molecule has 0 aliphatic carbocycles. The topological polar surface area (TPSA) is 53.4 Å². The predicted molar refractivity (Wildman–Crippen MR) is 109 cm³/mol. The Morgan fingerprint density at radius 1 is 1.19 bits per heavy atom. The van der Waals surface area contributed by atoms with Crippen molar-refractivity contribution in [1.29, 1.82) is 0 Å². The highest BCUT2D eigenvalue weighted by atomic mass is 16.1. The van der Waals surface area contributed by atoms with Gasteiger partial charge in [0.15, 0.2) is 0 Å². The molecule has 2 aromatic rings. The Balaban J connectivity index is 1.31. The standard InChI is InChI=1S/C21H31N5O/c1-18(23-21(27)9-8-19-16-22-24(2)17-19)10-11-25-12-14-26(15-13-25)20-6-4-3-5-7-20/h3-7,16-18H,8-15H2,1-2H3,(H,23,27). The van der Waals surface area contributed by atoms with Crippen molar-refractivity contribution in [2.75, 3.05) is 37.6 Å². The van der Waals surface area contributed by atoms with E-state index in [9.17, 15) is 4.79 Å². The first-order valence-electron chi connectivity index (χ1n) is 9.89. The molecule has 6 nitrogen and oxygen atoms in total. The summed E-state index contributed by atoms with van der Waals surface area (Å²) >= 11 is 0. The van der Waals surface area contributed by atoms with Gasteiger partial charge in [0.2, 0.25) is 5.91 Å². The van der Waals surface area contributed by atoms with Gasteiger partial charge in [0.05, 0.1) is 6.20 Å². The molecule has 1 aromatic heterocycles. The lowest BCUT2D eigenvalue weighted by Gasteiger charge is -2.36. The van der Waals surface area contributed by atoms with Crippen LogP contribution in [-0.4, -0.2) is 59.4 Å². The van der Waals surface area contributed by atoms with Crippen LogP contribution in [0, 0.1) is 0 Å². The lowest BCUT2D eigenvalue weighted by atomic mass is 10.1. The van der Waals surface area contributed by atoms with Gasteiger partial charge in [-0.25, -0.2) is 0 Å². The largest absolute Gasteiger partial charge is 0.369 e. The summed E-state index contributed by atoms with van der Waals surface area (Å²) in [7, 11) is 1.89. The Morgan fingerprint density at radius 2 is 1.93 bits per heavy atom. The maximum Gasteiger partial charge on any atom is 0.220 e. The first kappa shape index (κ1) is 19.4. The summed E-state index contributed by atoms with van der Waals surface area (Å²) in [5.74, 6) is 0.125. The summed E-state index contributed by atoms with van der Waals surface area (Å²) in [5.41, 5.74) is 2.42. The van der Waals surface area contributed by atoms with Crippen molar-refractivity contribution in [3.8, 4) is 0 Å². The number of nitrogens with one attached hydrogen (secondary N) is 1. The van der Waals surface area contributed by atoms with Gasteiger partial charge in [0.1, 0.15) is 0 Å². The van der Waals surface area contributed by atoms with Crippen LogP contribution in [0.25, 0.3) is 0 Å². The molecule has 1 aromatic carbocycles. The lowest BCUT2D eigenvalue weighted by Crippen LogP contribution is -2.47. The highest BCUT2D eigenvalue weighted by molar-refractivity contribution is 5.76. The van der Waals surface area contributed by atoms with Gasteiger partial charge < -0.3 is 10.2 Å². The van der Waals surface area contributed by atoms with Crippen molar-refractivity contribution in [2.45, 2.75) is 32.2 Å². The average molecular weight is 370 g/mol. The second-order valence-electron chi connectivity index (χ2n) is 7.44. The number of anilines is 1. The minimum Gasteiger partial charge on any atom is -0.369 e. The van der Waals surface area contributed by atoms with Gasteiger partial charge in [-0.1, -0.05) is 18.2 Å². The van der Waals surface area contributed by atoms with Crippen LogP contribution < -0.4 is 10.2 Å². The van der Waals surface area contributed by atoms with Gasteiger partial charge in [0.25, 0.3) is 0 Å². The van der Waals surface area contributed by atoms with E-state index >= 15 is 0 Å². The molecule has 1 N–H and O–H groups in total. The van der Waals surface area contributed by atoms with Crippen molar-refractivity contribution in [3.63, 3.8) is 0 Å². The molecule has 1 unspecified atom stereocenters. The van der Waals surface area contributed by atoms with Crippen LogP contribution in [0.5, 0.6) is 0 Å². The van der Waals surface area contributed by atoms with Gasteiger partial charge in [-0.3, -0.25) is 14.4 Å². The Hall–Kier alpha value is -2.34. The zero-order chi connectivity index (χ0) is 19.1. The second kappa shape index (κ2) is 9.55. The van der Waals surface area contributed by atoms with Gasteiger partial charge in [-0.2, -0.15) is 5.10 Å². The molecule has 1 aliphatic rings. The Bertz CT molecular complexity index is 706. The van der Waals surface area contributed by atoms with Crippen molar-refractivity contribution >= 4 is 11.6 Å². The number of amides is 1. The summed E-state index contributed by atoms with van der Waals surface area (Å²) in [6, 6.07) is 10.8. The van der Waals surface area contributed by atoms with Gasteiger partial charge in [0, 0.05) is 64.1 Å². The number of nitrogens with zero attached hydrogens (tertiary/aromatic N) is 4. The molecule has 3 rings (SSSR count). The molecule has 1 aliphatic heterocycles. The molecular formula is C21H31N5O. The third kappa shape index (κ3) is 6.10. The fourth-order valence-corrected chi connectivity index (χ4v) is 3.52.